The summed E-state index contributed by atoms with van der Waals surface area (Å²) >= 11 is 0. The first kappa shape index (κ1) is 53.2. The van der Waals surface area contributed by atoms with Crippen molar-refractivity contribution < 1.29 is 49.9 Å². The van der Waals surface area contributed by atoms with Crippen molar-refractivity contribution in [2.75, 3.05) is 95.9 Å². The largest absolute Gasteiger partial charge is 0.484 e. The number of carbonyl (C=O) groups excluding carboxylic acids is 1. The van der Waals surface area contributed by atoms with E-state index in [1.54, 1.807) is 65.4 Å². The van der Waals surface area contributed by atoms with Crippen molar-refractivity contribution in [3.8, 4) is 28.7 Å². The SMILES string of the molecule is Cc1noc(C)c1-c1ccc(=O)n(Cc2cccc(OCC(=O)NCCOCCOCCOCCS(=O)(=O)c3ccc(NCC#Cc4cc5c(NC6CCN(C)CC6)cccc5n4CC(F)(F)F)cc3)c2)c1. The highest BCUT2D eigenvalue weighted by atomic mass is 32.2. The molecule has 20 heteroatoms. The summed E-state index contributed by atoms with van der Waals surface area (Å²) in [5.41, 5.74) is 5.14. The van der Waals surface area contributed by atoms with Gasteiger partial charge in [0, 0.05) is 52.7 Å². The Morgan fingerprint density at radius 3 is 2.35 bits per heavy atom. The second-order valence-corrected chi connectivity index (χ2v) is 19.5. The molecule has 0 radical (unpaired) electrons. The molecule has 0 aliphatic carbocycles. The number of halogens is 3. The monoisotopic (exact) mass is 1020 g/mol. The van der Waals surface area contributed by atoms with Crippen LogP contribution in [0.15, 0.2) is 105 Å². The van der Waals surface area contributed by atoms with Gasteiger partial charge in [0.05, 0.1) is 80.3 Å². The number of rotatable bonds is 24. The maximum Gasteiger partial charge on any atom is 0.406 e. The Morgan fingerprint density at radius 1 is 0.903 bits per heavy atom. The molecule has 1 saturated heterocycles. The second kappa shape index (κ2) is 25.2. The maximum atomic E-state index is 13.7. The minimum Gasteiger partial charge on any atom is -0.484 e. The fourth-order valence-electron chi connectivity index (χ4n) is 8.22. The van der Waals surface area contributed by atoms with Gasteiger partial charge in [0.1, 0.15) is 18.1 Å². The van der Waals surface area contributed by atoms with Crippen LogP contribution in [0.25, 0.3) is 22.0 Å². The molecule has 16 nitrogen and oxygen atoms in total. The summed E-state index contributed by atoms with van der Waals surface area (Å²) in [6.07, 6.45) is -0.791. The van der Waals surface area contributed by atoms with Crippen LogP contribution in [-0.2, 0) is 41.9 Å². The third kappa shape index (κ3) is 15.4. The number of pyridine rings is 1. The van der Waals surface area contributed by atoms with Gasteiger partial charge in [-0.05, 0) is 119 Å². The van der Waals surface area contributed by atoms with Gasteiger partial charge in [-0.3, -0.25) is 9.59 Å². The number of carbonyl (C=O) groups is 1. The lowest BCUT2D eigenvalue weighted by atomic mass is 10.0. The summed E-state index contributed by atoms with van der Waals surface area (Å²) in [5.74, 6) is 6.43. The number of amides is 1. The van der Waals surface area contributed by atoms with Crippen LogP contribution in [0.4, 0.5) is 24.5 Å². The van der Waals surface area contributed by atoms with Gasteiger partial charge < -0.3 is 53.5 Å². The minimum atomic E-state index is -4.44. The lowest BCUT2D eigenvalue weighted by Crippen LogP contribution is -2.36. The van der Waals surface area contributed by atoms with Crippen molar-refractivity contribution in [1.29, 1.82) is 0 Å². The molecule has 1 fully saturated rings. The Bertz CT molecular complexity index is 2970. The predicted octanol–water partition coefficient (Wildman–Crippen LogP) is 6.67. The van der Waals surface area contributed by atoms with Gasteiger partial charge in [0.25, 0.3) is 11.5 Å². The Balaban J connectivity index is 0.739. The van der Waals surface area contributed by atoms with Crippen LogP contribution in [0.2, 0.25) is 0 Å². The molecule has 4 heterocycles. The summed E-state index contributed by atoms with van der Waals surface area (Å²) in [4.78, 5) is 27.4. The molecule has 7 rings (SSSR count). The van der Waals surface area contributed by atoms with E-state index in [0.717, 1.165) is 54.0 Å². The molecule has 3 aromatic carbocycles. The number of aryl methyl sites for hydroxylation is 2. The van der Waals surface area contributed by atoms with E-state index in [9.17, 15) is 31.2 Å². The highest BCUT2D eigenvalue weighted by molar-refractivity contribution is 7.91. The van der Waals surface area contributed by atoms with Crippen LogP contribution < -0.4 is 26.2 Å². The predicted molar refractivity (Wildman–Crippen MR) is 268 cm³/mol. The third-order valence-electron chi connectivity index (χ3n) is 11.9. The van der Waals surface area contributed by atoms with Crippen molar-refractivity contribution in [2.45, 2.75) is 56.9 Å². The molecule has 384 valence electrons. The van der Waals surface area contributed by atoms with Crippen LogP contribution in [0.5, 0.6) is 5.75 Å². The summed E-state index contributed by atoms with van der Waals surface area (Å²) in [7, 11) is -1.57. The fourth-order valence-corrected chi connectivity index (χ4v) is 9.34. The van der Waals surface area contributed by atoms with Crippen LogP contribution in [0, 0.1) is 25.7 Å². The number of hydrogen-bond donors (Lipinski definition) is 3. The number of aromatic nitrogens is 3. The average molecular weight is 1020 g/mol. The molecular weight excluding hydrogens is 956 g/mol. The normalized spacial score (nSPS) is 13.5. The smallest absolute Gasteiger partial charge is 0.406 e. The molecule has 3 N–H and O–H groups in total. The van der Waals surface area contributed by atoms with Crippen molar-refractivity contribution in [3.63, 3.8) is 0 Å². The zero-order valence-electron chi connectivity index (χ0n) is 40.6. The summed E-state index contributed by atoms with van der Waals surface area (Å²) in [5, 5.41) is 14.1. The van der Waals surface area contributed by atoms with E-state index in [0.29, 0.717) is 34.6 Å². The Morgan fingerprint density at radius 2 is 1.62 bits per heavy atom. The highest BCUT2D eigenvalue weighted by Crippen LogP contribution is 2.32. The van der Waals surface area contributed by atoms with Gasteiger partial charge in [0.15, 0.2) is 16.4 Å². The van der Waals surface area contributed by atoms with Crippen LogP contribution in [0.3, 0.4) is 0 Å². The van der Waals surface area contributed by atoms with Gasteiger partial charge in [-0.15, -0.1) is 0 Å². The molecule has 6 aromatic rings. The maximum absolute atomic E-state index is 13.7. The van der Waals surface area contributed by atoms with Crippen molar-refractivity contribution in [2.24, 2.45) is 0 Å². The summed E-state index contributed by atoms with van der Waals surface area (Å²) in [6, 6.07) is 23.9. The van der Waals surface area contributed by atoms with Crippen LogP contribution in [-0.4, -0.2) is 131 Å². The molecular formula is C52H60F3N7O9S. The number of sulfone groups is 1. The first-order chi connectivity index (χ1) is 34.6. The molecule has 3 aromatic heterocycles. The molecule has 1 amide bonds. The van der Waals surface area contributed by atoms with E-state index < -0.39 is 22.6 Å². The van der Waals surface area contributed by atoms with E-state index in [-0.39, 0.29) is 93.2 Å². The van der Waals surface area contributed by atoms with Crippen molar-refractivity contribution >= 4 is 38.0 Å². The third-order valence-corrected chi connectivity index (χ3v) is 13.6. The van der Waals surface area contributed by atoms with E-state index in [1.807, 2.05) is 26.0 Å². The van der Waals surface area contributed by atoms with Crippen LogP contribution >= 0.6 is 0 Å². The first-order valence-corrected chi connectivity index (χ1v) is 25.3. The minimum absolute atomic E-state index is 0.0334. The Hall–Kier alpha value is -6.63. The number of ether oxygens (including phenoxy) is 4. The van der Waals surface area contributed by atoms with Gasteiger partial charge >= 0.3 is 6.18 Å². The van der Waals surface area contributed by atoms with Gasteiger partial charge in [-0.25, -0.2) is 8.42 Å². The number of hydrogen-bond acceptors (Lipinski definition) is 13. The standard InChI is InChI=1S/C52H60F3N7O9S/c1-37-51(38(2)71-59-37)40-12-17-50(64)61(34-40)33-39-7-4-9-44(31-39)70-35-49(63)57-21-24-67-25-26-68-27-28-69-29-30-72(65,66)45-15-13-41(14-16-45)56-20-6-8-43-32-46-47(58-42-18-22-60(3)23-19-42)10-5-11-48(46)62(43)36-52(53,54)55/h4-5,7,9-17,31-32,34,42,56,58H,18-30,33,35-36H2,1-3H3,(H,57,63). The number of piperidine rings is 1. The van der Waals surface area contributed by atoms with E-state index in [1.165, 1.54) is 22.8 Å². The van der Waals surface area contributed by atoms with E-state index in [4.69, 9.17) is 23.5 Å². The fraction of sp³-hybridized carbons (Fsp3) is 0.404. The number of likely N-dealkylation sites (tertiary alicyclic amines) is 1. The number of fused-ring (bicyclic) bond motifs is 1. The second-order valence-electron chi connectivity index (χ2n) is 17.4. The molecule has 0 saturated carbocycles. The highest BCUT2D eigenvalue weighted by Gasteiger charge is 2.30. The molecule has 0 atom stereocenters. The zero-order chi connectivity index (χ0) is 51.1. The lowest BCUT2D eigenvalue weighted by molar-refractivity contribution is -0.140. The number of nitrogens with one attached hydrogen (secondary N) is 3. The molecule has 0 spiro atoms. The van der Waals surface area contributed by atoms with Gasteiger partial charge in [-0.1, -0.05) is 29.3 Å². The average Bonchev–Trinajstić information content (AvgIpc) is 3.88. The number of anilines is 2. The molecule has 0 unspecified atom stereocenters. The summed E-state index contributed by atoms with van der Waals surface area (Å²) < 4.78 is 97.3. The Kier molecular flexibility index (Phi) is 18.6. The van der Waals surface area contributed by atoms with Gasteiger partial charge in [0.2, 0.25) is 0 Å². The van der Waals surface area contributed by atoms with Crippen LogP contribution in [0.1, 0.15) is 35.6 Å². The van der Waals surface area contributed by atoms with Crippen molar-refractivity contribution in [1.82, 2.24) is 24.5 Å². The lowest BCUT2D eigenvalue weighted by Gasteiger charge is -2.30. The van der Waals surface area contributed by atoms with Crippen molar-refractivity contribution in [3.05, 3.63) is 124 Å². The number of benzene rings is 3. The van der Waals surface area contributed by atoms with E-state index in [2.05, 4.69) is 44.9 Å². The molecule has 0 bridgehead atoms. The topological polar surface area (TPSA) is 180 Å². The quantitative estimate of drug-likeness (QED) is 0.0433. The van der Waals surface area contributed by atoms with Gasteiger partial charge in [-0.2, -0.15) is 13.2 Å². The molecule has 1 aliphatic heterocycles. The zero-order valence-corrected chi connectivity index (χ0v) is 41.4. The first-order valence-electron chi connectivity index (χ1n) is 23.7. The number of alkyl halides is 3. The Labute approximate surface area is 416 Å². The van der Waals surface area contributed by atoms with E-state index >= 15 is 0 Å². The molecule has 72 heavy (non-hydrogen) atoms. The summed E-state index contributed by atoms with van der Waals surface area (Å²) in [6.45, 7) is 6.06. The molecule has 1 aliphatic rings. The number of nitrogens with zero attached hydrogens (tertiary/aromatic N) is 4.